The molecule has 5 N–H and O–H groups in total. The quantitative estimate of drug-likeness (QED) is 0.0595. The summed E-state index contributed by atoms with van der Waals surface area (Å²) in [6.45, 7) is 1.41. The standard InChI is InChI=1S/C27H27ClF3N9O7S2/c1-11(23(43)44)47-37-15(14-18(28)49-26(32)35-14)20(41)34-16-21(42)40-17(24(45)46)12(10-48-22(16)40)9-38-7-3-5-13-19(38)36-25(27(29,30)31)39(13)8-4-6-33-2/h3,5,7,11,16,22,33H,4,6,8-10H2,1-2H3,(H4-,32,34,35,41,43,44,45,46)/b37-15-/t11-,16?,22?/m0/s1. The number of pyridine rings is 1. The van der Waals surface area contributed by atoms with Gasteiger partial charge in [0.15, 0.2) is 10.8 Å². The monoisotopic (exact) mass is 745 g/mol. The average Bonchev–Trinajstić information content (AvgIpc) is 3.59. The van der Waals surface area contributed by atoms with Gasteiger partial charge in [0.1, 0.15) is 33.5 Å². The number of hydrogen-bond donors (Lipinski definition) is 4. The number of oxime groups is 1. The van der Waals surface area contributed by atoms with Gasteiger partial charge in [0.05, 0.1) is 17.9 Å². The summed E-state index contributed by atoms with van der Waals surface area (Å²) >= 11 is 8.03. The molecule has 262 valence electrons. The number of β-lactam (4-membered cyclic amide) rings is 1. The van der Waals surface area contributed by atoms with Crippen LogP contribution in [0.25, 0.3) is 11.2 Å². The molecule has 2 unspecified atom stereocenters. The Morgan fingerprint density at radius 3 is 2.69 bits per heavy atom. The SMILES string of the molecule is CNCCCn1c(C(F)(F)F)nc2c1ccc[n+]2CC1=C(C(=O)[O-])N2C(=O)C(NC(=O)/C(=N\O[C@@H](C)C(=O)O)c3nc(N)sc3Cl)C2SC1. The second-order valence-electron chi connectivity index (χ2n) is 10.7. The van der Waals surface area contributed by atoms with Crippen molar-refractivity contribution in [3.8, 4) is 0 Å². The predicted octanol–water partition coefficient (Wildman–Crippen LogP) is -0.0579. The van der Waals surface area contributed by atoms with Crippen molar-refractivity contribution in [3.05, 3.63) is 45.5 Å². The third-order valence-electron chi connectivity index (χ3n) is 7.42. The Morgan fingerprint density at radius 2 is 2.08 bits per heavy atom. The van der Waals surface area contributed by atoms with Crippen LogP contribution in [0.5, 0.6) is 0 Å². The molecule has 3 atom stereocenters. The molecule has 2 aliphatic rings. The van der Waals surface area contributed by atoms with Crippen LogP contribution < -0.4 is 26.0 Å². The van der Waals surface area contributed by atoms with Crippen molar-refractivity contribution in [2.24, 2.45) is 5.16 Å². The lowest BCUT2D eigenvalue weighted by molar-refractivity contribution is -0.665. The molecule has 0 bridgehead atoms. The van der Waals surface area contributed by atoms with Crippen LogP contribution in [-0.2, 0) is 43.3 Å². The molecular formula is C27H27ClF3N9O7S2. The first-order chi connectivity index (χ1) is 23.1. The number of carboxylic acid groups (broad SMARTS) is 2. The molecule has 2 aliphatic heterocycles. The number of hydrogen-bond acceptors (Lipinski definition) is 13. The minimum Gasteiger partial charge on any atom is -0.543 e. The molecule has 0 aromatic carbocycles. The number of alkyl halides is 3. The minimum atomic E-state index is -4.76. The van der Waals surface area contributed by atoms with Crippen molar-refractivity contribution in [3.63, 3.8) is 0 Å². The molecule has 3 aromatic rings. The number of nitrogens with zero attached hydrogens (tertiary/aromatic N) is 6. The van der Waals surface area contributed by atoms with E-state index in [1.165, 1.54) is 22.9 Å². The number of anilines is 1. The molecule has 16 nitrogen and oxygen atoms in total. The number of imidazole rings is 1. The fraction of sp³-hybridized carbons (Fsp3) is 0.407. The number of thioether (sulfide) groups is 1. The van der Waals surface area contributed by atoms with Crippen molar-refractivity contribution < 1.29 is 52.0 Å². The van der Waals surface area contributed by atoms with E-state index in [0.717, 1.165) is 39.5 Å². The van der Waals surface area contributed by atoms with Gasteiger partial charge in [-0.25, -0.2) is 14.3 Å². The van der Waals surface area contributed by atoms with Crippen LogP contribution in [0.3, 0.4) is 0 Å². The Balaban J connectivity index is 1.42. The van der Waals surface area contributed by atoms with Gasteiger partial charge in [0.25, 0.3) is 11.8 Å². The lowest BCUT2D eigenvalue weighted by Gasteiger charge is -2.50. The summed E-state index contributed by atoms with van der Waals surface area (Å²) in [5, 5.41) is 29.5. The number of aryl methyl sites for hydroxylation is 1. The first-order valence-electron chi connectivity index (χ1n) is 14.3. The van der Waals surface area contributed by atoms with E-state index in [1.54, 1.807) is 7.05 Å². The van der Waals surface area contributed by atoms with E-state index in [1.807, 2.05) is 0 Å². The van der Waals surface area contributed by atoms with Gasteiger partial charge in [-0.2, -0.15) is 13.2 Å². The molecule has 5 heterocycles. The minimum absolute atomic E-state index is 0.00282. The zero-order valence-electron chi connectivity index (χ0n) is 25.5. The topological polar surface area (TPSA) is 221 Å². The maximum Gasteiger partial charge on any atom is 0.475 e. The van der Waals surface area contributed by atoms with Gasteiger partial charge < -0.3 is 36.2 Å². The van der Waals surface area contributed by atoms with Crippen molar-refractivity contribution in [2.45, 2.75) is 50.1 Å². The Hall–Kier alpha value is -4.47. The molecule has 5 rings (SSSR count). The number of nitrogens with one attached hydrogen (secondary N) is 2. The summed E-state index contributed by atoms with van der Waals surface area (Å²) in [6.07, 6.45) is -4.39. The molecule has 0 aliphatic carbocycles. The van der Waals surface area contributed by atoms with Crippen LogP contribution in [0.1, 0.15) is 24.9 Å². The number of aliphatic carboxylic acids is 2. The van der Waals surface area contributed by atoms with Gasteiger partial charge in [-0.3, -0.25) is 19.1 Å². The van der Waals surface area contributed by atoms with Gasteiger partial charge in [-0.05, 0) is 44.1 Å². The van der Waals surface area contributed by atoms with E-state index in [0.29, 0.717) is 13.0 Å². The zero-order chi connectivity index (χ0) is 35.8. The second-order valence-corrected chi connectivity index (χ2v) is 13.4. The number of carboxylic acids is 2. The maximum atomic E-state index is 14.0. The average molecular weight is 746 g/mol. The van der Waals surface area contributed by atoms with E-state index in [2.05, 4.69) is 25.8 Å². The van der Waals surface area contributed by atoms with Gasteiger partial charge >= 0.3 is 23.6 Å². The Bertz CT molecular complexity index is 1900. The molecule has 0 spiro atoms. The van der Waals surface area contributed by atoms with Gasteiger partial charge in [0.2, 0.25) is 6.10 Å². The molecular weight excluding hydrogens is 719 g/mol. The van der Waals surface area contributed by atoms with Crippen LogP contribution in [0, 0.1) is 0 Å². The highest BCUT2D eigenvalue weighted by Crippen LogP contribution is 2.40. The normalized spacial score (nSPS) is 18.7. The van der Waals surface area contributed by atoms with Crippen LogP contribution in [0.4, 0.5) is 18.3 Å². The third kappa shape index (κ3) is 7.14. The van der Waals surface area contributed by atoms with E-state index < -0.39 is 64.7 Å². The molecule has 3 aromatic heterocycles. The number of nitrogen functional groups attached to an aromatic ring is 1. The summed E-state index contributed by atoms with van der Waals surface area (Å²) in [4.78, 5) is 63.9. The number of nitrogens with two attached hydrogens (primary N) is 1. The highest BCUT2D eigenvalue weighted by Gasteiger charge is 2.53. The smallest absolute Gasteiger partial charge is 0.475 e. The van der Waals surface area contributed by atoms with Crippen molar-refractivity contribution in [1.29, 1.82) is 0 Å². The van der Waals surface area contributed by atoms with Crippen LogP contribution in [0.15, 0.2) is 34.8 Å². The second kappa shape index (κ2) is 14.2. The van der Waals surface area contributed by atoms with E-state index in [9.17, 15) is 37.5 Å². The molecule has 1 saturated heterocycles. The Kier molecular flexibility index (Phi) is 10.4. The molecule has 22 heteroatoms. The number of carbonyl (C=O) groups is 4. The molecule has 1 fully saturated rings. The summed E-state index contributed by atoms with van der Waals surface area (Å²) in [5.41, 5.74) is 4.68. The summed E-state index contributed by atoms with van der Waals surface area (Å²) in [7, 11) is 1.68. The number of rotatable bonds is 13. The fourth-order valence-corrected chi connectivity index (χ4v) is 7.43. The highest BCUT2D eigenvalue weighted by molar-refractivity contribution is 8.00. The van der Waals surface area contributed by atoms with Crippen molar-refractivity contribution >= 4 is 80.5 Å². The maximum absolute atomic E-state index is 14.0. The fourth-order valence-electron chi connectivity index (χ4n) is 5.16. The summed E-state index contributed by atoms with van der Waals surface area (Å²) in [6, 6.07) is 1.72. The van der Waals surface area contributed by atoms with Crippen molar-refractivity contribution in [2.75, 3.05) is 25.1 Å². The first-order valence-corrected chi connectivity index (χ1v) is 16.6. The van der Waals surface area contributed by atoms with Crippen LogP contribution >= 0.6 is 34.7 Å². The lowest BCUT2D eigenvalue weighted by atomic mass is 10.0. The number of carbonyl (C=O) groups excluding carboxylic acids is 3. The third-order valence-corrected chi connectivity index (χ3v) is 9.84. The van der Waals surface area contributed by atoms with Crippen LogP contribution in [-0.4, -0.2) is 90.9 Å². The molecule has 0 radical (unpaired) electrons. The van der Waals surface area contributed by atoms with Gasteiger partial charge in [-0.15, -0.1) is 11.8 Å². The lowest BCUT2D eigenvalue weighted by Crippen LogP contribution is -2.71. The van der Waals surface area contributed by atoms with Gasteiger partial charge in [0, 0.05) is 17.9 Å². The summed E-state index contributed by atoms with van der Waals surface area (Å²) < 4.78 is 44.3. The molecule has 0 saturated carbocycles. The van der Waals surface area contributed by atoms with Gasteiger partial charge in [-0.1, -0.05) is 28.1 Å². The highest BCUT2D eigenvalue weighted by atomic mass is 35.5. The number of thiazole rings is 1. The summed E-state index contributed by atoms with van der Waals surface area (Å²) in [5.74, 6) is -6.07. The number of halogens is 4. The zero-order valence-corrected chi connectivity index (χ0v) is 27.9. The van der Waals surface area contributed by atoms with Crippen LogP contribution in [0.2, 0.25) is 4.34 Å². The first kappa shape index (κ1) is 35.8. The Labute approximate surface area is 287 Å². The number of aromatic nitrogens is 4. The van der Waals surface area contributed by atoms with E-state index in [4.69, 9.17) is 27.3 Å². The molecule has 2 amide bonds. The Morgan fingerprint density at radius 1 is 1.35 bits per heavy atom. The molecule has 49 heavy (non-hydrogen) atoms. The number of amides is 2. The van der Waals surface area contributed by atoms with E-state index in [-0.39, 0.29) is 50.7 Å². The number of fused-ring (bicyclic) bond motifs is 2. The van der Waals surface area contributed by atoms with Crippen molar-refractivity contribution in [1.82, 2.24) is 30.1 Å². The predicted molar refractivity (Wildman–Crippen MR) is 167 cm³/mol. The largest absolute Gasteiger partial charge is 0.543 e. The van der Waals surface area contributed by atoms with E-state index >= 15 is 0 Å².